The third-order valence-corrected chi connectivity index (χ3v) is 11.2. The molecule has 12 nitrogen and oxygen atoms in total. The van der Waals surface area contributed by atoms with E-state index < -0.39 is 0 Å². The molecule has 4 N–H and O–H groups in total. The predicted octanol–water partition coefficient (Wildman–Crippen LogP) is 13.4. The number of carbonyl (C=O) groups is 2. The molecule has 0 saturated carbocycles. The lowest BCUT2D eigenvalue weighted by Gasteiger charge is -2.14. The molecule has 0 aliphatic heterocycles. The van der Waals surface area contributed by atoms with Gasteiger partial charge in [0.05, 0.1) is 16.7 Å². The van der Waals surface area contributed by atoms with Gasteiger partial charge in [0, 0.05) is 98.1 Å². The normalized spacial score (nSPS) is 10.9. The second-order valence-electron chi connectivity index (χ2n) is 16.0. The van der Waals surface area contributed by atoms with Gasteiger partial charge in [-0.15, -0.1) is 0 Å². The maximum Gasteiger partial charge on any atom is 0.255 e. The molecule has 12 heteroatoms. The fourth-order valence-electron chi connectivity index (χ4n) is 7.86. The number of pyridine rings is 4. The largest absolute Gasteiger partial charge is 0.457 e. The molecule has 0 radical (unpaired) electrons. The van der Waals surface area contributed by atoms with E-state index in [4.69, 9.17) is 14.5 Å². The minimum Gasteiger partial charge on any atom is -0.457 e. The average molecular weight is 891 g/mol. The summed E-state index contributed by atoms with van der Waals surface area (Å²) in [5.74, 6) is 2.05. The molecule has 10 rings (SSSR count). The summed E-state index contributed by atoms with van der Waals surface area (Å²) in [5, 5.41) is 14.8. The first kappa shape index (κ1) is 42.5. The summed E-state index contributed by atoms with van der Waals surface area (Å²) in [6.07, 6.45) is 6.81. The van der Waals surface area contributed by atoms with Crippen LogP contribution in [0.1, 0.15) is 32.0 Å². The molecule has 0 aliphatic rings. The highest BCUT2D eigenvalue weighted by Gasteiger charge is 2.15. The lowest BCUT2D eigenvalue weighted by molar-refractivity contribution is 0.101. The van der Waals surface area contributed by atoms with Crippen molar-refractivity contribution in [2.45, 2.75) is 13.8 Å². The van der Waals surface area contributed by atoms with Crippen molar-refractivity contribution in [2.75, 3.05) is 21.3 Å². The predicted molar refractivity (Wildman–Crippen MR) is 269 cm³/mol. The second kappa shape index (κ2) is 19.0. The molecular formula is C56H42N8O4. The van der Waals surface area contributed by atoms with Crippen LogP contribution >= 0.6 is 0 Å². The molecule has 4 aromatic heterocycles. The van der Waals surface area contributed by atoms with Gasteiger partial charge < -0.3 is 30.7 Å². The van der Waals surface area contributed by atoms with Crippen molar-refractivity contribution in [1.29, 1.82) is 0 Å². The third kappa shape index (κ3) is 9.65. The van der Waals surface area contributed by atoms with Crippen LogP contribution in [0.3, 0.4) is 0 Å². The van der Waals surface area contributed by atoms with Gasteiger partial charge in [-0.1, -0.05) is 42.5 Å². The van der Waals surface area contributed by atoms with E-state index in [9.17, 15) is 9.59 Å². The van der Waals surface area contributed by atoms with Crippen LogP contribution in [-0.2, 0) is 0 Å². The smallest absolute Gasteiger partial charge is 0.255 e. The first-order chi connectivity index (χ1) is 33.3. The molecule has 0 fully saturated rings. The zero-order valence-electron chi connectivity index (χ0n) is 36.9. The van der Waals surface area contributed by atoms with Crippen LogP contribution in [0.25, 0.3) is 33.1 Å². The zero-order chi connectivity index (χ0) is 46.4. The highest BCUT2D eigenvalue weighted by molar-refractivity contribution is 6.06. The number of rotatable bonds is 13. The number of aromatic nitrogens is 4. The minimum atomic E-state index is -0.242. The number of nitrogens with one attached hydrogen (secondary N) is 4. The Labute approximate surface area is 391 Å². The minimum absolute atomic E-state index is 0.234. The lowest BCUT2D eigenvalue weighted by atomic mass is 10.00. The van der Waals surface area contributed by atoms with Crippen molar-refractivity contribution in [3.63, 3.8) is 0 Å². The Balaban J connectivity index is 0.779. The monoisotopic (exact) mass is 890 g/mol. The van der Waals surface area contributed by atoms with Crippen LogP contribution < -0.4 is 30.7 Å². The molecule has 0 spiro atoms. The van der Waals surface area contributed by atoms with Crippen LogP contribution in [0.15, 0.2) is 195 Å². The van der Waals surface area contributed by atoms with Crippen molar-refractivity contribution in [2.24, 2.45) is 0 Å². The number of ether oxygens (including phenoxy) is 2. The van der Waals surface area contributed by atoms with Gasteiger partial charge in [0.1, 0.15) is 23.0 Å². The van der Waals surface area contributed by atoms with Crippen molar-refractivity contribution in [1.82, 2.24) is 19.9 Å². The van der Waals surface area contributed by atoms with Crippen LogP contribution in [0, 0.1) is 13.8 Å². The molecule has 0 aliphatic carbocycles. The van der Waals surface area contributed by atoms with E-state index in [1.54, 1.807) is 91.5 Å². The van der Waals surface area contributed by atoms with Gasteiger partial charge in [-0.2, -0.15) is 0 Å². The number of anilines is 6. The van der Waals surface area contributed by atoms with E-state index in [1.807, 2.05) is 117 Å². The molecule has 330 valence electrons. The Bertz CT molecular complexity index is 3480. The molecule has 2 amide bonds. The molecule has 0 unspecified atom stereocenters. The van der Waals surface area contributed by atoms with Gasteiger partial charge >= 0.3 is 0 Å². The van der Waals surface area contributed by atoms with Crippen LogP contribution in [0.4, 0.5) is 34.1 Å². The van der Waals surface area contributed by atoms with E-state index in [1.165, 1.54) is 0 Å². The van der Waals surface area contributed by atoms with Gasteiger partial charge in [0.25, 0.3) is 11.8 Å². The van der Waals surface area contributed by atoms with Crippen molar-refractivity contribution >= 4 is 67.7 Å². The molecule has 0 atom stereocenters. The molecule has 0 saturated heterocycles. The number of carbonyl (C=O) groups excluding carboxylic acids is 2. The topological polar surface area (TPSA) is 152 Å². The average Bonchev–Trinajstić information content (AvgIpc) is 3.36. The summed E-state index contributed by atoms with van der Waals surface area (Å²) in [5.41, 5.74) is 10.8. The number of fused-ring (bicyclic) bond motifs is 2. The van der Waals surface area contributed by atoms with E-state index in [0.29, 0.717) is 45.5 Å². The SMILES string of the molecule is Cc1cc(Nc2cccc(C(=O)Nc3ccc(Oc4ccnc(-c5ccc6c(Nc7cccc(C(=O)Nc8ccc(Oc9ccncc9)cc8)c7)ccnc6c5C)c4)cc3)c2)c2ccccc2n1. The number of amides is 2. The summed E-state index contributed by atoms with van der Waals surface area (Å²) in [4.78, 5) is 44.7. The summed E-state index contributed by atoms with van der Waals surface area (Å²) in [6, 6.07) is 52.3. The Kier molecular flexibility index (Phi) is 11.9. The third-order valence-electron chi connectivity index (χ3n) is 11.2. The summed E-state index contributed by atoms with van der Waals surface area (Å²) >= 11 is 0. The van der Waals surface area contributed by atoms with Crippen LogP contribution in [-0.4, -0.2) is 31.8 Å². The molecule has 6 aromatic carbocycles. The van der Waals surface area contributed by atoms with E-state index in [0.717, 1.165) is 67.1 Å². The number of benzene rings is 6. The Morgan fingerprint density at radius 1 is 0.471 bits per heavy atom. The molecule has 4 heterocycles. The fourth-order valence-corrected chi connectivity index (χ4v) is 7.86. The van der Waals surface area contributed by atoms with Gasteiger partial charge in [-0.25, -0.2) is 0 Å². The Morgan fingerprint density at radius 2 is 1.06 bits per heavy atom. The highest BCUT2D eigenvalue weighted by atomic mass is 16.5. The standard InChI is InChI=1S/C56H42N8O4/c1-35-31-53(48-11-3-4-12-50(48)60-35)62-42-10-6-8-38(33-42)56(66)64-40-15-19-44(20-16-40)68-46-25-29-58-52(34-46)47-21-22-49-51(26-30-59-54(49)36(47)2)61-41-9-5-7-37(32-41)55(65)63-39-13-17-43(18-14-39)67-45-23-27-57-28-24-45/h3-34H,1-2H3,(H,59,61)(H,60,62)(H,63,65)(H,64,66). The fraction of sp³-hybridized carbons (Fsp3) is 0.0357. The first-order valence-electron chi connectivity index (χ1n) is 21.8. The Hall–Kier alpha value is -9.42. The van der Waals surface area contributed by atoms with E-state index in [-0.39, 0.29) is 11.8 Å². The van der Waals surface area contributed by atoms with Crippen LogP contribution in [0.2, 0.25) is 0 Å². The van der Waals surface area contributed by atoms with Crippen LogP contribution in [0.5, 0.6) is 23.0 Å². The first-order valence-corrected chi connectivity index (χ1v) is 21.8. The number of para-hydroxylation sites is 1. The molecular weight excluding hydrogens is 849 g/mol. The van der Waals surface area contributed by atoms with Gasteiger partial charge in [-0.3, -0.25) is 29.5 Å². The van der Waals surface area contributed by atoms with Gasteiger partial charge in [0.2, 0.25) is 0 Å². The summed E-state index contributed by atoms with van der Waals surface area (Å²) in [6.45, 7) is 3.99. The van der Waals surface area contributed by atoms with Crippen molar-refractivity contribution < 1.29 is 19.1 Å². The zero-order valence-corrected chi connectivity index (χ0v) is 36.9. The maximum atomic E-state index is 13.4. The number of nitrogens with zero attached hydrogens (tertiary/aromatic N) is 4. The number of aryl methyl sites for hydroxylation is 2. The maximum absolute atomic E-state index is 13.4. The second-order valence-corrected chi connectivity index (χ2v) is 16.0. The molecule has 0 bridgehead atoms. The summed E-state index contributed by atoms with van der Waals surface area (Å²) in [7, 11) is 0. The van der Waals surface area contributed by atoms with E-state index >= 15 is 0 Å². The van der Waals surface area contributed by atoms with E-state index in [2.05, 4.69) is 36.2 Å². The van der Waals surface area contributed by atoms with Crippen molar-refractivity contribution in [3.05, 3.63) is 217 Å². The van der Waals surface area contributed by atoms with Gasteiger partial charge in [0.15, 0.2) is 0 Å². The van der Waals surface area contributed by atoms with Crippen molar-refractivity contribution in [3.8, 4) is 34.3 Å². The number of hydrogen-bond acceptors (Lipinski definition) is 10. The van der Waals surface area contributed by atoms with Gasteiger partial charge in [-0.05, 0) is 141 Å². The Morgan fingerprint density at radius 3 is 1.74 bits per heavy atom. The molecule has 68 heavy (non-hydrogen) atoms. The number of hydrogen-bond donors (Lipinski definition) is 4. The highest BCUT2D eigenvalue weighted by Crippen LogP contribution is 2.35. The lowest BCUT2D eigenvalue weighted by Crippen LogP contribution is -2.12. The summed E-state index contributed by atoms with van der Waals surface area (Å²) < 4.78 is 12.1. The molecule has 10 aromatic rings. The quantitative estimate of drug-likeness (QED) is 0.0880.